The van der Waals surface area contributed by atoms with E-state index < -0.39 is 0 Å². The molecule has 0 N–H and O–H groups in total. The van der Waals surface area contributed by atoms with E-state index in [1.807, 2.05) is 6.92 Å². The second-order valence-corrected chi connectivity index (χ2v) is 3.46. The van der Waals surface area contributed by atoms with Crippen molar-refractivity contribution >= 4 is 17.5 Å². The summed E-state index contributed by atoms with van der Waals surface area (Å²) in [5.41, 5.74) is 1.83. The van der Waals surface area contributed by atoms with E-state index in [4.69, 9.17) is 0 Å². The largest absolute Gasteiger partial charge is 0.269 e. The highest BCUT2D eigenvalue weighted by molar-refractivity contribution is 6.30. The standard InChI is InChI=1S/C11H10N2O2/c1-7-5-10(14)13(11(7)15)9-4-3-8(2)12-6-9/h3-6H,1-2H3. The summed E-state index contributed by atoms with van der Waals surface area (Å²) in [5, 5.41) is 0. The molecule has 1 aromatic rings. The zero-order chi connectivity index (χ0) is 11.0. The molecule has 2 rings (SSSR count). The average Bonchev–Trinajstić information content (AvgIpc) is 2.44. The first kappa shape index (κ1) is 9.58. The third kappa shape index (κ3) is 1.54. The summed E-state index contributed by atoms with van der Waals surface area (Å²) in [4.78, 5) is 28.3. The number of carbonyl (C=O) groups is 2. The predicted octanol–water partition coefficient (Wildman–Crippen LogP) is 1.21. The van der Waals surface area contributed by atoms with E-state index in [1.165, 1.54) is 12.3 Å². The zero-order valence-corrected chi connectivity index (χ0v) is 8.52. The molecule has 1 aromatic heterocycles. The van der Waals surface area contributed by atoms with Crippen molar-refractivity contribution in [2.24, 2.45) is 0 Å². The molecule has 0 bridgehead atoms. The van der Waals surface area contributed by atoms with Crippen LogP contribution in [0, 0.1) is 6.92 Å². The third-order valence-electron chi connectivity index (χ3n) is 2.25. The van der Waals surface area contributed by atoms with Gasteiger partial charge < -0.3 is 0 Å². The van der Waals surface area contributed by atoms with E-state index in [1.54, 1.807) is 19.1 Å². The van der Waals surface area contributed by atoms with Crippen LogP contribution < -0.4 is 4.90 Å². The van der Waals surface area contributed by atoms with Crippen molar-refractivity contribution in [2.75, 3.05) is 4.90 Å². The Hall–Kier alpha value is -1.97. The summed E-state index contributed by atoms with van der Waals surface area (Å²) < 4.78 is 0. The Bertz CT molecular complexity index is 460. The molecule has 0 radical (unpaired) electrons. The topological polar surface area (TPSA) is 50.3 Å². The summed E-state index contributed by atoms with van der Waals surface area (Å²) >= 11 is 0. The van der Waals surface area contributed by atoms with Crippen LogP contribution in [-0.4, -0.2) is 16.8 Å². The van der Waals surface area contributed by atoms with Gasteiger partial charge in [0.25, 0.3) is 11.8 Å². The van der Waals surface area contributed by atoms with Crippen LogP contribution in [0.25, 0.3) is 0 Å². The number of anilines is 1. The lowest BCUT2D eigenvalue weighted by Gasteiger charge is -2.13. The van der Waals surface area contributed by atoms with Crippen molar-refractivity contribution in [3.05, 3.63) is 35.7 Å². The minimum atomic E-state index is -0.303. The molecular weight excluding hydrogens is 192 g/mol. The smallest absolute Gasteiger partial charge is 0.261 e. The first-order chi connectivity index (χ1) is 7.09. The first-order valence-electron chi connectivity index (χ1n) is 4.59. The SMILES string of the molecule is CC1=CC(=O)N(c2ccc(C)nc2)C1=O. The zero-order valence-electron chi connectivity index (χ0n) is 8.52. The van der Waals surface area contributed by atoms with Gasteiger partial charge in [0.15, 0.2) is 0 Å². The Balaban J connectivity index is 2.38. The molecule has 0 saturated heterocycles. The van der Waals surface area contributed by atoms with Crippen LogP contribution in [0.3, 0.4) is 0 Å². The number of amides is 2. The molecule has 2 heterocycles. The average molecular weight is 202 g/mol. The van der Waals surface area contributed by atoms with Crippen LogP contribution in [0.15, 0.2) is 30.0 Å². The Morgan fingerprint density at radius 2 is 1.93 bits per heavy atom. The fourth-order valence-electron chi connectivity index (χ4n) is 1.42. The number of aromatic nitrogens is 1. The normalized spacial score (nSPS) is 15.9. The maximum atomic E-state index is 11.6. The van der Waals surface area contributed by atoms with Crippen molar-refractivity contribution < 1.29 is 9.59 Å². The molecule has 76 valence electrons. The van der Waals surface area contributed by atoms with Crippen LogP contribution in [0.2, 0.25) is 0 Å². The van der Waals surface area contributed by atoms with Gasteiger partial charge in [-0.25, -0.2) is 4.90 Å². The number of rotatable bonds is 1. The molecular formula is C11H10N2O2. The number of nitrogens with zero attached hydrogens (tertiary/aromatic N) is 2. The van der Waals surface area contributed by atoms with Gasteiger partial charge in [0.1, 0.15) is 0 Å². The van der Waals surface area contributed by atoms with E-state index in [-0.39, 0.29) is 11.8 Å². The van der Waals surface area contributed by atoms with Gasteiger partial charge in [-0.1, -0.05) is 0 Å². The number of carbonyl (C=O) groups excluding carboxylic acids is 2. The van der Waals surface area contributed by atoms with Gasteiger partial charge in [0.05, 0.1) is 11.9 Å². The molecule has 0 saturated carbocycles. The molecule has 0 fully saturated rings. The van der Waals surface area contributed by atoms with E-state index in [0.29, 0.717) is 11.3 Å². The second-order valence-electron chi connectivity index (χ2n) is 3.46. The van der Waals surface area contributed by atoms with Crippen molar-refractivity contribution in [1.29, 1.82) is 0 Å². The summed E-state index contributed by atoms with van der Waals surface area (Å²) in [6, 6.07) is 3.48. The fraction of sp³-hybridized carbons (Fsp3) is 0.182. The van der Waals surface area contributed by atoms with Crippen molar-refractivity contribution in [3.63, 3.8) is 0 Å². The van der Waals surface area contributed by atoms with E-state index >= 15 is 0 Å². The van der Waals surface area contributed by atoms with Gasteiger partial charge in [-0.3, -0.25) is 14.6 Å². The Labute approximate surface area is 87.2 Å². The summed E-state index contributed by atoms with van der Waals surface area (Å²) in [6.45, 7) is 3.47. The molecule has 0 unspecified atom stereocenters. The summed E-state index contributed by atoms with van der Waals surface area (Å²) in [7, 11) is 0. The monoisotopic (exact) mass is 202 g/mol. The van der Waals surface area contributed by atoms with Crippen LogP contribution in [0.5, 0.6) is 0 Å². The molecule has 4 heteroatoms. The number of hydrogen-bond acceptors (Lipinski definition) is 3. The van der Waals surface area contributed by atoms with E-state index in [2.05, 4.69) is 4.98 Å². The van der Waals surface area contributed by atoms with Gasteiger partial charge in [0, 0.05) is 17.3 Å². The number of hydrogen-bond donors (Lipinski definition) is 0. The van der Waals surface area contributed by atoms with Crippen LogP contribution >= 0.6 is 0 Å². The van der Waals surface area contributed by atoms with Crippen LogP contribution in [0.1, 0.15) is 12.6 Å². The Morgan fingerprint density at radius 1 is 1.20 bits per heavy atom. The molecule has 1 aliphatic heterocycles. The molecule has 4 nitrogen and oxygen atoms in total. The van der Waals surface area contributed by atoms with Crippen LogP contribution in [-0.2, 0) is 9.59 Å². The molecule has 0 aliphatic carbocycles. The molecule has 15 heavy (non-hydrogen) atoms. The molecule has 0 spiro atoms. The van der Waals surface area contributed by atoms with Gasteiger partial charge >= 0.3 is 0 Å². The lowest BCUT2D eigenvalue weighted by molar-refractivity contribution is -0.120. The highest BCUT2D eigenvalue weighted by Crippen LogP contribution is 2.21. The van der Waals surface area contributed by atoms with Gasteiger partial charge in [-0.05, 0) is 26.0 Å². The molecule has 0 atom stereocenters. The lowest BCUT2D eigenvalue weighted by Crippen LogP contribution is -2.30. The quantitative estimate of drug-likeness (QED) is 0.643. The van der Waals surface area contributed by atoms with E-state index in [0.717, 1.165) is 10.6 Å². The van der Waals surface area contributed by atoms with Gasteiger partial charge in [0.2, 0.25) is 0 Å². The summed E-state index contributed by atoms with van der Waals surface area (Å²) in [6.07, 6.45) is 2.86. The highest BCUT2D eigenvalue weighted by Gasteiger charge is 2.29. The van der Waals surface area contributed by atoms with Gasteiger partial charge in [-0.15, -0.1) is 0 Å². The first-order valence-corrected chi connectivity index (χ1v) is 4.59. The fourth-order valence-corrected chi connectivity index (χ4v) is 1.42. The maximum Gasteiger partial charge on any atom is 0.261 e. The number of pyridine rings is 1. The second kappa shape index (κ2) is 3.31. The Morgan fingerprint density at radius 3 is 2.40 bits per heavy atom. The molecule has 0 aromatic carbocycles. The minimum absolute atomic E-state index is 0.273. The predicted molar refractivity (Wildman–Crippen MR) is 55.2 cm³/mol. The highest BCUT2D eigenvalue weighted by atomic mass is 16.2. The lowest BCUT2D eigenvalue weighted by atomic mass is 10.3. The number of aryl methyl sites for hydroxylation is 1. The van der Waals surface area contributed by atoms with Crippen molar-refractivity contribution in [1.82, 2.24) is 4.98 Å². The third-order valence-corrected chi connectivity index (χ3v) is 2.25. The van der Waals surface area contributed by atoms with Crippen molar-refractivity contribution in [2.45, 2.75) is 13.8 Å². The molecule has 2 amide bonds. The van der Waals surface area contributed by atoms with Crippen LogP contribution in [0.4, 0.5) is 5.69 Å². The molecule has 1 aliphatic rings. The van der Waals surface area contributed by atoms with E-state index in [9.17, 15) is 9.59 Å². The maximum absolute atomic E-state index is 11.6. The summed E-state index contributed by atoms with van der Waals surface area (Å²) in [5.74, 6) is -0.575. The minimum Gasteiger partial charge on any atom is -0.269 e. The number of imide groups is 1. The van der Waals surface area contributed by atoms with Crippen molar-refractivity contribution in [3.8, 4) is 0 Å². The Kier molecular flexibility index (Phi) is 2.11. The van der Waals surface area contributed by atoms with Gasteiger partial charge in [-0.2, -0.15) is 0 Å².